The smallest absolute Gasteiger partial charge is 0.160 e. The summed E-state index contributed by atoms with van der Waals surface area (Å²) in [5.41, 5.74) is 10.4. The van der Waals surface area contributed by atoms with E-state index in [1.165, 1.54) is 59.8 Å². The van der Waals surface area contributed by atoms with E-state index in [1.807, 2.05) is 42.6 Å². The van der Waals surface area contributed by atoms with Crippen molar-refractivity contribution in [2.24, 2.45) is 0 Å². The van der Waals surface area contributed by atoms with Crippen molar-refractivity contribution in [3.8, 4) is 44.9 Å². The molecule has 3 nitrogen and oxygen atoms in total. The van der Waals surface area contributed by atoms with Gasteiger partial charge in [0.05, 0.1) is 11.4 Å². The van der Waals surface area contributed by atoms with Crippen molar-refractivity contribution >= 4 is 54.7 Å². The van der Waals surface area contributed by atoms with E-state index in [2.05, 4.69) is 175 Å². The third-order valence-corrected chi connectivity index (χ3v) is 10.9. The van der Waals surface area contributed by atoms with Crippen molar-refractivity contribution in [2.45, 2.75) is 0 Å². The highest BCUT2D eigenvalue weighted by molar-refractivity contribution is 6.23. The number of aromatic nitrogens is 3. The van der Waals surface area contributed by atoms with Gasteiger partial charge in [0, 0.05) is 23.5 Å². The first kappa shape index (κ1) is 34.7. The summed E-state index contributed by atoms with van der Waals surface area (Å²) < 4.78 is 0. The van der Waals surface area contributed by atoms with Gasteiger partial charge in [-0.1, -0.05) is 176 Å². The molecule has 272 valence electrons. The molecular formula is C55H37N3. The minimum absolute atomic E-state index is 0.660. The van der Waals surface area contributed by atoms with Gasteiger partial charge in [-0.15, -0.1) is 0 Å². The monoisotopic (exact) mass is 739 g/mol. The van der Waals surface area contributed by atoms with Gasteiger partial charge in [0.25, 0.3) is 0 Å². The Morgan fingerprint density at radius 2 is 1.14 bits per heavy atom. The van der Waals surface area contributed by atoms with Gasteiger partial charge in [-0.2, -0.15) is 0 Å². The molecule has 0 atom stereocenters. The van der Waals surface area contributed by atoms with Gasteiger partial charge in [0.15, 0.2) is 5.82 Å². The molecule has 0 saturated carbocycles. The van der Waals surface area contributed by atoms with E-state index in [4.69, 9.17) is 9.97 Å². The van der Waals surface area contributed by atoms with Crippen LogP contribution in [0.25, 0.3) is 99.6 Å². The first-order valence-electron chi connectivity index (χ1n) is 19.5. The lowest BCUT2D eigenvalue weighted by atomic mass is 9.84. The predicted octanol–water partition coefficient (Wildman–Crippen LogP) is 14.4. The van der Waals surface area contributed by atoms with Crippen molar-refractivity contribution in [2.75, 3.05) is 0 Å². The van der Waals surface area contributed by atoms with E-state index in [1.54, 1.807) is 6.20 Å². The van der Waals surface area contributed by atoms with Crippen molar-refractivity contribution in [3.63, 3.8) is 0 Å². The summed E-state index contributed by atoms with van der Waals surface area (Å²) >= 11 is 0. The molecule has 0 saturated heterocycles. The Labute approximate surface area is 337 Å². The average Bonchev–Trinajstić information content (AvgIpc) is 3.29. The standard InChI is InChI=1S/C55H37N3/c1-2-37(44-22-14-32-56-36-44)18-12-23-45-35-52(41-31-30-38-15-3-4-17-40(38)33-41)58-55(57-45)43-21-11-20-42(34-43)53-48-25-7-9-27-50(48)54(51-28-10-8-26-49(51)53)47-29-13-19-39-16-5-6-24-46(39)47/h2-36H,1H2/b23-12+,37-18+. The average molecular weight is 740 g/mol. The fourth-order valence-corrected chi connectivity index (χ4v) is 8.23. The number of allylic oxidation sites excluding steroid dienone is 4. The molecule has 0 radical (unpaired) electrons. The van der Waals surface area contributed by atoms with Crippen LogP contribution in [0.1, 0.15) is 11.3 Å². The lowest BCUT2D eigenvalue weighted by Crippen LogP contribution is -1.96. The van der Waals surface area contributed by atoms with E-state index < -0.39 is 0 Å². The number of nitrogens with zero attached hydrogens (tertiary/aromatic N) is 3. The van der Waals surface area contributed by atoms with Gasteiger partial charge in [0.2, 0.25) is 0 Å². The van der Waals surface area contributed by atoms with Crippen LogP contribution in [0.3, 0.4) is 0 Å². The third kappa shape index (κ3) is 6.45. The summed E-state index contributed by atoms with van der Waals surface area (Å²) in [6.45, 7) is 4.04. The molecule has 10 aromatic rings. The number of rotatable bonds is 8. The fourth-order valence-electron chi connectivity index (χ4n) is 8.23. The Morgan fingerprint density at radius 3 is 1.88 bits per heavy atom. The Morgan fingerprint density at radius 1 is 0.483 bits per heavy atom. The summed E-state index contributed by atoms with van der Waals surface area (Å²) in [6.07, 6.45) is 11.6. The fraction of sp³-hybridized carbons (Fsp3) is 0. The molecule has 2 aromatic heterocycles. The highest BCUT2D eigenvalue weighted by Crippen LogP contribution is 2.45. The van der Waals surface area contributed by atoms with Gasteiger partial charge in [-0.05, 0) is 107 Å². The van der Waals surface area contributed by atoms with Gasteiger partial charge in [-0.25, -0.2) is 9.97 Å². The molecule has 0 aliphatic heterocycles. The molecule has 3 heteroatoms. The number of fused-ring (bicyclic) bond motifs is 4. The molecule has 0 bridgehead atoms. The van der Waals surface area contributed by atoms with Crippen LogP contribution in [0.4, 0.5) is 0 Å². The molecule has 0 fully saturated rings. The minimum atomic E-state index is 0.660. The topological polar surface area (TPSA) is 38.7 Å². The molecule has 0 N–H and O–H groups in total. The minimum Gasteiger partial charge on any atom is -0.264 e. The van der Waals surface area contributed by atoms with Crippen LogP contribution >= 0.6 is 0 Å². The van der Waals surface area contributed by atoms with Crippen LogP contribution in [0.15, 0.2) is 213 Å². The highest BCUT2D eigenvalue weighted by Gasteiger charge is 2.19. The molecule has 0 aliphatic rings. The Bertz CT molecular complexity index is 3190. The molecule has 10 rings (SSSR count). The molecule has 0 unspecified atom stereocenters. The van der Waals surface area contributed by atoms with E-state index in [0.29, 0.717) is 5.82 Å². The molecule has 58 heavy (non-hydrogen) atoms. The molecule has 0 amide bonds. The van der Waals surface area contributed by atoms with Crippen LogP contribution in [-0.2, 0) is 0 Å². The molecule has 0 spiro atoms. The molecule has 0 aliphatic carbocycles. The molecule has 2 heterocycles. The Balaban J connectivity index is 1.14. The maximum absolute atomic E-state index is 5.24. The van der Waals surface area contributed by atoms with Gasteiger partial charge in [0.1, 0.15) is 0 Å². The second-order valence-corrected chi connectivity index (χ2v) is 14.4. The lowest BCUT2D eigenvalue weighted by molar-refractivity contribution is 1.16. The van der Waals surface area contributed by atoms with Crippen LogP contribution < -0.4 is 0 Å². The predicted molar refractivity (Wildman–Crippen MR) is 245 cm³/mol. The first-order valence-corrected chi connectivity index (χ1v) is 19.5. The largest absolute Gasteiger partial charge is 0.264 e. The van der Waals surface area contributed by atoms with Crippen molar-refractivity contribution in [1.82, 2.24) is 15.0 Å². The van der Waals surface area contributed by atoms with Crippen LogP contribution in [-0.4, -0.2) is 15.0 Å². The number of hydrogen-bond donors (Lipinski definition) is 0. The number of pyridine rings is 1. The molecular weight excluding hydrogens is 703 g/mol. The summed E-state index contributed by atoms with van der Waals surface area (Å²) in [5, 5.41) is 9.68. The zero-order valence-electron chi connectivity index (χ0n) is 31.8. The van der Waals surface area contributed by atoms with Gasteiger partial charge < -0.3 is 0 Å². The van der Waals surface area contributed by atoms with Crippen molar-refractivity contribution in [1.29, 1.82) is 0 Å². The second-order valence-electron chi connectivity index (χ2n) is 14.4. The van der Waals surface area contributed by atoms with Crippen LogP contribution in [0.2, 0.25) is 0 Å². The summed E-state index contributed by atoms with van der Waals surface area (Å²) in [7, 11) is 0. The third-order valence-electron chi connectivity index (χ3n) is 10.9. The molecule has 8 aromatic carbocycles. The SMILES string of the molecule is C=C/C(=C\C=C\c1cc(-c2ccc3ccccc3c2)nc(-c2cccc(-c3c4ccccc4c(-c4cccc5ccccc45)c4ccccc34)c2)n1)c1cccnc1. The lowest BCUT2D eigenvalue weighted by Gasteiger charge is -2.19. The first-order chi connectivity index (χ1) is 28.7. The van der Waals surface area contributed by atoms with Gasteiger partial charge in [-0.3, -0.25) is 4.98 Å². The second kappa shape index (κ2) is 15.1. The summed E-state index contributed by atoms with van der Waals surface area (Å²) in [6, 6.07) is 62.6. The summed E-state index contributed by atoms with van der Waals surface area (Å²) in [5.74, 6) is 0.660. The van der Waals surface area contributed by atoms with E-state index in [-0.39, 0.29) is 0 Å². The van der Waals surface area contributed by atoms with E-state index in [9.17, 15) is 0 Å². The number of hydrogen-bond acceptors (Lipinski definition) is 3. The maximum atomic E-state index is 5.24. The maximum Gasteiger partial charge on any atom is 0.160 e. The normalized spacial score (nSPS) is 11.9. The van der Waals surface area contributed by atoms with Crippen LogP contribution in [0, 0.1) is 0 Å². The zero-order chi connectivity index (χ0) is 38.8. The van der Waals surface area contributed by atoms with E-state index in [0.717, 1.165) is 39.2 Å². The number of benzene rings is 8. The van der Waals surface area contributed by atoms with Crippen molar-refractivity contribution in [3.05, 3.63) is 224 Å². The van der Waals surface area contributed by atoms with Crippen molar-refractivity contribution < 1.29 is 0 Å². The summed E-state index contributed by atoms with van der Waals surface area (Å²) in [4.78, 5) is 14.7. The Hall–Kier alpha value is -7.75. The quantitative estimate of drug-likeness (QED) is 0.115. The van der Waals surface area contributed by atoms with Crippen LogP contribution in [0.5, 0.6) is 0 Å². The Kier molecular flexibility index (Phi) is 9.02. The van der Waals surface area contributed by atoms with E-state index >= 15 is 0 Å². The van der Waals surface area contributed by atoms with Gasteiger partial charge >= 0.3 is 0 Å². The highest BCUT2D eigenvalue weighted by atomic mass is 14.9. The zero-order valence-corrected chi connectivity index (χ0v) is 31.8.